The summed E-state index contributed by atoms with van der Waals surface area (Å²) in [6, 6.07) is 54.0. The van der Waals surface area contributed by atoms with E-state index in [2.05, 4.69) is 305 Å². The van der Waals surface area contributed by atoms with Crippen LogP contribution in [0.3, 0.4) is 0 Å². The molecule has 7 aliphatic rings. The number of hydrogen-bond donors (Lipinski definition) is 0. The van der Waals surface area contributed by atoms with E-state index in [1.807, 2.05) is 49.2 Å². The van der Waals surface area contributed by atoms with Crippen molar-refractivity contribution in [1.82, 2.24) is 24.9 Å². The van der Waals surface area contributed by atoms with Gasteiger partial charge in [0.2, 0.25) is 0 Å². The Labute approximate surface area is 673 Å². The standard InChI is InChI=1S/2C17H18.4C15H15N.C14H13N/c1-10-5-13(4)15-9-14-7-11(2)12(3)8-16(14)17(15)6-10;1-10-5-6-15-16(13(10)4)9-14-7-11(2)12(3)8-17(14)15;1-9-4-14-13-6-11(3)10(2)5-12(13)7-15(14)16-8-9;1-9-4-5-16-14-8-12-6-10(2)11(3)7-13(12)15(9)14;1-9-7-12-8-14-13(5-4-6-16-14)15(12)11(3)10(9)2;1-9-7-14-12-5-4-6-16-15(12)8-13(14)11(3)10(9)2;1-9-6-11-8-14-12(4-3-5-15-14)13(11)7-10(9)2/h2*5-8H,9H2,1-4H3;4-6,8H,7H2,1-3H3;3*4-7H,8H2,1-3H3;3-7H,8H2,1-2H3. The van der Waals surface area contributed by atoms with Gasteiger partial charge in [0, 0.05) is 90.9 Å². The Kier molecular flexibility index (Phi) is 21.2. The SMILES string of the molecule is Cc1cc(C)c2c(c1)-c1cc(C)c(C)cc1C2.Cc1cc2c(c(C)c1C)-c1cccnc1C2.Cc1cc2c(c(C)c1C)Cc1ncccc1-2.Cc1cc2c(cc1C)-c1c(C)ccnc1C2.Cc1cc2c(cc1C)-c1ccc(C)c(C)c1C2.Cc1cc2c(cc1C)-c1cccnc1C2.Cc1cnc2c(c1)-c1cc(C)c(C)cc1C2. The van der Waals surface area contributed by atoms with Crippen molar-refractivity contribution in [2.45, 2.75) is 197 Å². The fourth-order valence-corrected chi connectivity index (χ4v) is 18.3. The van der Waals surface area contributed by atoms with Crippen LogP contribution in [-0.2, 0) is 44.9 Å². The van der Waals surface area contributed by atoms with Crippen molar-refractivity contribution in [3.8, 4) is 77.9 Å². The zero-order valence-electron chi connectivity index (χ0n) is 70.9. The molecule has 9 aromatic carbocycles. The molecule has 0 aliphatic heterocycles. The Morgan fingerprint density at radius 3 is 1.15 bits per heavy atom. The van der Waals surface area contributed by atoms with Crippen molar-refractivity contribution in [2.24, 2.45) is 0 Å². The van der Waals surface area contributed by atoms with Gasteiger partial charge in [-0.15, -0.1) is 0 Å². The normalized spacial score (nSPS) is 12.4. The van der Waals surface area contributed by atoms with Crippen molar-refractivity contribution < 1.29 is 0 Å². The van der Waals surface area contributed by atoms with Crippen LogP contribution in [0.4, 0.5) is 0 Å². The molecule has 5 heterocycles. The number of aromatic nitrogens is 5. The minimum atomic E-state index is 0.992. The third-order valence-electron chi connectivity index (χ3n) is 26.1. The Balaban J connectivity index is 0.000000104. The van der Waals surface area contributed by atoms with Gasteiger partial charge in [0.05, 0.1) is 28.5 Å². The first-order valence-corrected chi connectivity index (χ1v) is 40.7. The Bertz CT molecular complexity index is 6230. The molecule has 7 aliphatic carbocycles. The third kappa shape index (κ3) is 14.8. The van der Waals surface area contributed by atoms with E-state index in [1.54, 1.807) is 0 Å². The molecule has 0 atom stereocenters. The van der Waals surface area contributed by atoms with Gasteiger partial charge in [0.25, 0.3) is 0 Å². The predicted molar refractivity (Wildman–Crippen MR) is 476 cm³/mol. The monoisotopic (exact) mass is 1480 g/mol. The number of rotatable bonds is 0. The van der Waals surface area contributed by atoms with Crippen molar-refractivity contribution >= 4 is 0 Å². The molecule has 0 spiro atoms. The average Bonchev–Trinajstić information content (AvgIpc) is 1.70. The van der Waals surface area contributed by atoms with Crippen LogP contribution in [-0.4, -0.2) is 24.9 Å². The highest BCUT2D eigenvalue weighted by Gasteiger charge is 2.28. The first kappa shape index (κ1) is 77.1. The fourth-order valence-electron chi connectivity index (χ4n) is 18.3. The molecule has 0 amide bonds. The zero-order valence-corrected chi connectivity index (χ0v) is 70.9. The van der Waals surface area contributed by atoms with Gasteiger partial charge in [-0.1, -0.05) is 121 Å². The first-order chi connectivity index (χ1) is 54.1. The van der Waals surface area contributed by atoms with Gasteiger partial charge in [-0.3, -0.25) is 24.9 Å². The topological polar surface area (TPSA) is 64.5 Å². The van der Waals surface area contributed by atoms with E-state index in [0.717, 1.165) is 44.9 Å². The lowest BCUT2D eigenvalue weighted by atomic mass is 9.93. The summed E-state index contributed by atoms with van der Waals surface area (Å²) in [7, 11) is 0. The van der Waals surface area contributed by atoms with Crippen LogP contribution in [0, 0.1) is 152 Å². The second kappa shape index (κ2) is 31.0. The summed E-state index contributed by atoms with van der Waals surface area (Å²) in [4.78, 5) is 22.4. The Hall–Kier alpha value is -11.3. The lowest BCUT2D eigenvalue weighted by molar-refractivity contribution is 1.10. The van der Waals surface area contributed by atoms with E-state index in [4.69, 9.17) is 0 Å². The number of hydrogen-bond acceptors (Lipinski definition) is 5. The molecule has 5 nitrogen and oxygen atoms in total. The van der Waals surface area contributed by atoms with E-state index in [1.165, 1.54) is 279 Å². The largest absolute Gasteiger partial charge is 0.260 e. The Morgan fingerprint density at radius 1 is 0.186 bits per heavy atom. The molecule has 14 aromatic rings. The average molecular weight is 1480 g/mol. The molecule has 0 N–H and O–H groups in total. The molecule has 566 valence electrons. The smallest absolute Gasteiger partial charge is 0.0528 e. The Morgan fingerprint density at radius 2 is 0.566 bits per heavy atom. The highest BCUT2D eigenvalue weighted by Crippen LogP contribution is 2.46. The molecule has 5 aromatic heterocycles. The maximum Gasteiger partial charge on any atom is 0.0528 e. The van der Waals surface area contributed by atoms with Crippen LogP contribution in [0.15, 0.2) is 177 Å². The van der Waals surface area contributed by atoms with Gasteiger partial charge >= 0.3 is 0 Å². The molecule has 5 heteroatoms. The van der Waals surface area contributed by atoms with Crippen LogP contribution in [0.1, 0.15) is 201 Å². The molecule has 0 fully saturated rings. The number of fused-ring (bicyclic) bond motifs is 21. The highest BCUT2D eigenvalue weighted by atomic mass is 14.7. The molecule has 113 heavy (non-hydrogen) atoms. The second-order valence-electron chi connectivity index (χ2n) is 33.7. The number of nitrogens with zero attached hydrogens (tertiary/aromatic N) is 5. The molecule has 0 saturated heterocycles. The lowest BCUT2D eigenvalue weighted by Gasteiger charge is -2.11. The van der Waals surface area contributed by atoms with E-state index in [9.17, 15) is 0 Å². The van der Waals surface area contributed by atoms with Crippen LogP contribution in [0.5, 0.6) is 0 Å². The second-order valence-corrected chi connectivity index (χ2v) is 33.7. The molecule has 0 saturated carbocycles. The molecule has 0 unspecified atom stereocenters. The van der Waals surface area contributed by atoms with Crippen LogP contribution in [0.2, 0.25) is 0 Å². The van der Waals surface area contributed by atoms with Gasteiger partial charge in [-0.2, -0.15) is 0 Å². The molecule has 0 radical (unpaired) electrons. The maximum atomic E-state index is 4.53. The minimum Gasteiger partial charge on any atom is -0.260 e. The fraction of sp³-hybridized carbons (Fsp3) is 0.269. The minimum absolute atomic E-state index is 0.992. The van der Waals surface area contributed by atoms with E-state index in [-0.39, 0.29) is 0 Å². The molecular formula is C108H109N5. The van der Waals surface area contributed by atoms with E-state index < -0.39 is 0 Å². The van der Waals surface area contributed by atoms with Crippen LogP contribution < -0.4 is 0 Å². The van der Waals surface area contributed by atoms with E-state index in [0.29, 0.717) is 0 Å². The lowest BCUT2D eigenvalue weighted by Crippen LogP contribution is -1.93. The first-order valence-electron chi connectivity index (χ1n) is 40.7. The zero-order chi connectivity index (χ0) is 79.9. The van der Waals surface area contributed by atoms with Crippen molar-refractivity contribution in [1.29, 1.82) is 0 Å². The summed E-state index contributed by atoms with van der Waals surface area (Å²) in [5.74, 6) is 0. The quantitative estimate of drug-likeness (QED) is 0.151. The summed E-state index contributed by atoms with van der Waals surface area (Å²) < 4.78 is 0. The number of benzene rings is 9. The number of aryl methyl sites for hydroxylation is 17. The van der Waals surface area contributed by atoms with Gasteiger partial charge in [0.15, 0.2) is 0 Å². The van der Waals surface area contributed by atoms with Crippen molar-refractivity contribution in [3.63, 3.8) is 0 Å². The number of pyridine rings is 5. The van der Waals surface area contributed by atoms with Crippen LogP contribution in [0.25, 0.3) is 77.9 Å². The van der Waals surface area contributed by atoms with Gasteiger partial charge < -0.3 is 0 Å². The van der Waals surface area contributed by atoms with E-state index >= 15 is 0 Å². The summed E-state index contributed by atoms with van der Waals surface area (Å²) in [5.41, 5.74) is 69.4. The van der Waals surface area contributed by atoms with Gasteiger partial charge in [-0.25, -0.2) is 0 Å². The molecule has 21 rings (SSSR count). The summed E-state index contributed by atoms with van der Waals surface area (Å²) in [5, 5.41) is 0. The summed E-state index contributed by atoms with van der Waals surface area (Å²) >= 11 is 0. The molecular weight excluding hydrogens is 1370 g/mol. The highest BCUT2D eigenvalue weighted by molar-refractivity contribution is 5.85. The van der Waals surface area contributed by atoms with Crippen LogP contribution >= 0.6 is 0 Å². The molecule has 0 bridgehead atoms. The van der Waals surface area contributed by atoms with Gasteiger partial charge in [-0.05, 0) is 412 Å². The predicted octanol–water partition coefficient (Wildman–Crippen LogP) is 26.6. The van der Waals surface area contributed by atoms with Crippen molar-refractivity contribution in [3.05, 3.63) is 378 Å². The van der Waals surface area contributed by atoms with Gasteiger partial charge in [0.1, 0.15) is 0 Å². The van der Waals surface area contributed by atoms with Crippen molar-refractivity contribution in [2.75, 3.05) is 0 Å². The third-order valence-corrected chi connectivity index (χ3v) is 26.1. The summed E-state index contributed by atoms with van der Waals surface area (Å²) in [6.45, 7) is 48.3. The summed E-state index contributed by atoms with van der Waals surface area (Å²) in [6.07, 6.45) is 16.7. The maximum absolute atomic E-state index is 4.53.